The first-order chi connectivity index (χ1) is 4.33. The molecule has 60 valence electrons. The van der Waals surface area contributed by atoms with Crippen molar-refractivity contribution >= 4 is 9.84 Å². The molecule has 1 aliphatic heterocycles. The minimum absolute atomic E-state index is 0.0822. The van der Waals surface area contributed by atoms with E-state index < -0.39 is 15.4 Å². The molecule has 0 bridgehead atoms. The second-order valence-corrected chi connectivity index (χ2v) is 5.74. The van der Waals surface area contributed by atoms with Crippen molar-refractivity contribution < 1.29 is 13.5 Å². The van der Waals surface area contributed by atoms with Gasteiger partial charge >= 0.3 is 0 Å². The van der Waals surface area contributed by atoms with E-state index in [4.69, 9.17) is 0 Å². The van der Waals surface area contributed by atoms with Gasteiger partial charge in [0.1, 0.15) is 0 Å². The molecular formula is C6H12O3S. The molecule has 1 saturated heterocycles. The molecule has 0 aliphatic carbocycles. The second-order valence-electron chi connectivity index (χ2n) is 3.32. The van der Waals surface area contributed by atoms with E-state index in [-0.39, 0.29) is 11.0 Å². The molecule has 0 aromatic carbocycles. The summed E-state index contributed by atoms with van der Waals surface area (Å²) >= 11 is 0. The Morgan fingerprint density at radius 1 is 1.60 bits per heavy atom. The van der Waals surface area contributed by atoms with Crippen LogP contribution in [0.5, 0.6) is 0 Å². The maximum absolute atomic E-state index is 11.0. The molecule has 2 unspecified atom stereocenters. The molecule has 4 heteroatoms. The van der Waals surface area contributed by atoms with Crippen molar-refractivity contribution in [2.75, 3.05) is 5.75 Å². The van der Waals surface area contributed by atoms with Gasteiger partial charge in [0.25, 0.3) is 0 Å². The first-order valence-electron chi connectivity index (χ1n) is 3.27. The highest BCUT2D eigenvalue weighted by molar-refractivity contribution is 7.92. The van der Waals surface area contributed by atoms with Gasteiger partial charge in [0.2, 0.25) is 0 Å². The summed E-state index contributed by atoms with van der Waals surface area (Å²) in [5, 5.41) is 8.95. The molecule has 0 amide bonds. The smallest absolute Gasteiger partial charge is 0.155 e. The summed E-state index contributed by atoms with van der Waals surface area (Å²) in [5.74, 6) is -0.0822. The third-order valence-corrected chi connectivity index (χ3v) is 4.27. The summed E-state index contributed by atoms with van der Waals surface area (Å²) < 4.78 is 22.0. The summed E-state index contributed by atoms with van der Waals surface area (Å²) in [6.45, 7) is 3.20. The zero-order chi connectivity index (χ0) is 7.99. The Balaban J connectivity index is 2.92. The molecular weight excluding hydrogens is 152 g/mol. The summed E-state index contributed by atoms with van der Waals surface area (Å²) in [4.78, 5) is 0. The minimum Gasteiger partial charge on any atom is -0.389 e. The lowest BCUT2D eigenvalue weighted by Gasteiger charge is -2.11. The van der Waals surface area contributed by atoms with Crippen LogP contribution in [0.3, 0.4) is 0 Å². The van der Waals surface area contributed by atoms with Crippen LogP contribution in [0.1, 0.15) is 20.3 Å². The van der Waals surface area contributed by atoms with E-state index in [0.29, 0.717) is 6.42 Å². The molecule has 10 heavy (non-hydrogen) atoms. The molecule has 1 rings (SSSR count). The van der Waals surface area contributed by atoms with Gasteiger partial charge in [-0.15, -0.1) is 0 Å². The minimum atomic E-state index is -2.98. The highest BCUT2D eigenvalue weighted by atomic mass is 32.2. The normalized spacial score (nSPS) is 45.7. The van der Waals surface area contributed by atoms with Crippen LogP contribution in [0.25, 0.3) is 0 Å². The Kier molecular flexibility index (Phi) is 1.56. The molecule has 0 radical (unpaired) electrons. The molecule has 0 spiro atoms. The van der Waals surface area contributed by atoms with Crippen molar-refractivity contribution in [2.24, 2.45) is 0 Å². The van der Waals surface area contributed by atoms with Gasteiger partial charge < -0.3 is 5.11 Å². The van der Waals surface area contributed by atoms with Crippen LogP contribution >= 0.6 is 0 Å². The molecule has 1 N–H and O–H groups in total. The largest absolute Gasteiger partial charge is 0.389 e. The van der Waals surface area contributed by atoms with Crippen LogP contribution in [0.15, 0.2) is 0 Å². The van der Waals surface area contributed by atoms with Crippen molar-refractivity contribution in [2.45, 2.75) is 31.1 Å². The standard InChI is InChI=1S/C6H12O3S/c1-5-3-6(2,7)4-10(5,8)9/h5,7H,3-4H2,1-2H3. The van der Waals surface area contributed by atoms with Gasteiger partial charge in [0, 0.05) is 0 Å². The van der Waals surface area contributed by atoms with Gasteiger partial charge in [-0.05, 0) is 20.3 Å². The molecule has 0 saturated carbocycles. The fraction of sp³-hybridized carbons (Fsp3) is 1.00. The Hall–Kier alpha value is -0.0900. The van der Waals surface area contributed by atoms with Crippen LogP contribution in [-0.4, -0.2) is 30.1 Å². The molecule has 3 nitrogen and oxygen atoms in total. The lowest BCUT2D eigenvalue weighted by Crippen LogP contribution is -2.24. The van der Waals surface area contributed by atoms with Crippen molar-refractivity contribution in [3.05, 3.63) is 0 Å². The summed E-state index contributed by atoms with van der Waals surface area (Å²) in [7, 11) is -2.98. The van der Waals surface area contributed by atoms with E-state index in [9.17, 15) is 13.5 Å². The molecule has 1 fully saturated rings. The highest BCUT2D eigenvalue weighted by Gasteiger charge is 2.42. The van der Waals surface area contributed by atoms with Crippen LogP contribution in [0.4, 0.5) is 0 Å². The first-order valence-corrected chi connectivity index (χ1v) is 4.99. The maximum atomic E-state index is 11.0. The quantitative estimate of drug-likeness (QED) is 0.546. The fourth-order valence-electron chi connectivity index (χ4n) is 1.38. The van der Waals surface area contributed by atoms with E-state index in [1.807, 2.05) is 0 Å². The Labute approximate surface area is 61.0 Å². The summed E-state index contributed by atoms with van der Waals surface area (Å²) in [6, 6.07) is 0. The monoisotopic (exact) mass is 164 g/mol. The van der Waals surface area contributed by atoms with Gasteiger partial charge in [-0.25, -0.2) is 8.42 Å². The molecule has 0 aromatic heterocycles. The van der Waals surface area contributed by atoms with Gasteiger partial charge in [-0.1, -0.05) is 0 Å². The Morgan fingerprint density at radius 3 is 2.20 bits per heavy atom. The number of sulfone groups is 1. The number of hydrogen-bond donors (Lipinski definition) is 1. The molecule has 1 heterocycles. The number of rotatable bonds is 0. The first kappa shape index (κ1) is 8.01. The lowest BCUT2D eigenvalue weighted by atomic mass is 10.0. The molecule has 2 atom stereocenters. The second kappa shape index (κ2) is 1.95. The van der Waals surface area contributed by atoms with Gasteiger partial charge in [-0.3, -0.25) is 0 Å². The van der Waals surface area contributed by atoms with E-state index in [2.05, 4.69) is 0 Å². The van der Waals surface area contributed by atoms with Gasteiger partial charge in [0.05, 0.1) is 16.6 Å². The highest BCUT2D eigenvalue weighted by Crippen LogP contribution is 2.28. The fourth-order valence-corrected chi connectivity index (χ4v) is 3.26. The van der Waals surface area contributed by atoms with Crippen LogP contribution < -0.4 is 0 Å². The number of hydrogen-bond acceptors (Lipinski definition) is 3. The van der Waals surface area contributed by atoms with Crippen molar-refractivity contribution in [1.82, 2.24) is 0 Å². The van der Waals surface area contributed by atoms with E-state index in [1.165, 1.54) is 0 Å². The Bertz CT molecular complexity index is 227. The predicted octanol–water partition coefficient (Wildman–Crippen LogP) is -0.0556. The summed E-state index contributed by atoms with van der Waals surface area (Å²) in [6.07, 6.45) is 0.370. The zero-order valence-electron chi connectivity index (χ0n) is 6.16. The zero-order valence-corrected chi connectivity index (χ0v) is 6.98. The topological polar surface area (TPSA) is 54.4 Å². The van der Waals surface area contributed by atoms with E-state index >= 15 is 0 Å². The van der Waals surface area contributed by atoms with Crippen molar-refractivity contribution in [1.29, 1.82) is 0 Å². The lowest BCUT2D eigenvalue weighted by molar-refractivity contribution is 0.0840. The third-order valence-electron chi connectivity index (χ3n) is 1.85. The Morgan fingerprint density at radius 2 is 2.10 bits per heavy atom. The average molecular weight is 164 g/mol. The van der Waals surface area contributed by atoms with E-state index in [1.54, 1.807) is 13.8 Å². The van der Waals surface area contributed by atoms with Gasteiger partial charge in [0.15, 0.2) is 9.84 Å². The summed E-state index contributed by atoms with van der Waals surface area (Å²) in [5.41, 5.74) is -0.988. The molecule has 1 aliphatic rings. The predicted molar refractivity (Wildman–Crippen MR) is 38.5 cm³/mol. The van der Waals surface area contributed by atoms with Crippen LogP contribution in [0.2, 0.25) is 0 Å². The molecule has 0 aromatic rings. The van der Waals surface area contributed by atoms with Crippen LogP contribution in [-0.2, 0) is 9.84 Å². The van der Waals surface area contributed by atoms with Crippen molar-refractivity contribution in [3.63, 3.8) is 0 Å². The number of aliphatic hydroxyl groups is 1. The SMILES string of the molecule is CC1CC(C)(O)CS1(=O)=O. The van der Waals surface area contributed by atoms with Crippen LogP contribution in [0, 0.1) is 0 Å². The van der Waals surface area contributed by atoms with Gasteiger partial charge in [-0.2, -0.15) is 0 Å². The third kappa shape index (κ3) is 1.32. The van der Waals surface area contributed by atoms with E-state index in [0.717, 1.165) is 0 Å². The van der Waals surface area contributed by atoms with Crippen molar-refractivity contribution in [3.8, 4) is 0 Å². The maximum Gasteiger partial charge on any atom is 0.155 e. The average Bonchev–Trinajstić information content (AvgIpc) is 1.73.